The van der Waals surface area contributed by atoms with Gasteiger partial charge in [0.25, 0.3) is 5.92 Å². The molecule has 0 aromatic heterocycles. The van der Waals surface area contributed by atoms with Crippen LogP contribution in [0.25, 0.3) is 0 Å². The van der Waals surface area contributed by atoms with Crippen LogP contribution in [0.2, 0.25) is 0 Å². The van der Waals surface area contributed by atoms with Crippen molar-refractivity contribution in [2.24, 2.45) is 0 Å². The lowest BCUT2D eigenvalue weighted by molar-refractivity contribution is -0.123. The van der Waals surface area contributed by atoms with Crippen molar-refractivity contribution < 1.29 is 13.6 Å². The highest BCUT2D eigenvalue weighted by Gasteiger charge is 2.42. The normalized spacial score (nSPS) is 22.1. The summed E-state index contributed by atoms with van der Waals surface area (Å²) in [6.07, 6.45) is 2.13. The number of nitrogens with one attached hydrogen (secondary N) is 2. The van der Waals surface area contributed by atoms with Crippen molar-refractivity contribution in [1.82, 2.24) is 15.5 Å². The molecule has 4 nitrogen and oxygen atoms in total. The van der Waals surface area contributed by atoms with Crippen molar-refractivity contribution >= 4 is 30.7 Å². The SMILES string of the molecule is Cl.Cl.O=C(NCc1ccc(CN2CCCC2)cc1)C1CC(F)(F)CN1. The monoisotopic (exact) mass is 395 g/mol. The molecule has 1 aromatic rings. The second kappa shape index (κ2) is 9.67. The summed E-state index contributed by atoms with van der Waals surface area (Å²) >= 11 is 0. The van der Waals surface area contributed by atoms with Gasteiger partial charge in [-0.1, -0.05) is 24.3 Å². The maximum absolute atomic E-state index is 13.1. The lowest BCUT2D eigenvalue weighted by atomic mass is 10.1. The Morgan fingerprint density at radius 3 is 2.32 bits per heavy atom. The van der Waals surface area contributed by atoms with Crippen molar-refractivity contribution in [3.05, 3.63) is 35.4 Å². The van der Waals surface area contributed by atoms with Gasteiger partial charge in [0.1, 0.15) is 0 Å². The van der Waals surface area contributed by atoms with Gasteiger partial charge in [-0.05, 0) is 37.1 Å². The predicted molar refractivity (Wildman–Crippen MR) is 98.7 cm³/mol. The Bertz CT molecular complexity index is 551. The first-order valence-electron chi connectivity index (χ1n) is 8.21. The van der Waals surface area contributed by atoms with Gasteiger partial charge in [0.2, 0.25) is 5.91 Å². The molecule has 0 spiro atoms. The van der Waals surface area contributed by atoms with E-state index in [2.05, 4.69) is 27.7 Å². The van der Waals surface area contributed by atoms with E-state index >= 15 is 0 Å². The highest BCUT2D eigenvalue weighted by Crippen LogP contribution is 2.25. The molecule has 1 unspecified atom stereocenters. The van der Waals surface area contributed by atoms with E-state index in [0.29, 0.717) is 6.54 Å². The number of carbonyl (C=O) groups is 1. The molecule has 25 heavy (non-hydrogen) atoms. The van der Waals surface area contributed by atoms with Crippen molar-refractivity contribution in [3.8, 4) is 0 Å². The average molecular weight is 396 g/mol. The summed E-state index contributed by atoms with van der Waals surface area (Å²) in [5, 5.41) is 5.29. The second-order valence-electron chi connectivity index (χ2n) is 6.51. The lowest BCUT2D eigenvalue weighted by Crippen LogP contribution is -2.40. The van der Waals surface area contributed by atoms with Gasteiger partial charge in [0, 0.05) is 19.5 Å². The zero-order valence-electron chi connectivity index (χ0n) is 14.0. The third kappa shape index (κ3) is 6.37. The van der Waals surface area contributed by atoms with Crippen molar-refractivity contribution in [2.75, 3.05) is 19.6 Å². The fraction of sp³-hybridized carbons (Fsp3) is 0.588. The Morgan fingerprint density at radius 1 is 1.16 bits per heavy atom. The molecule has 1 aromatic carbocycles. The smallest absolute Gasteiger partial charge is 0.262 e. The number of carbonyl (C=O) groups excluding carboxylic acids is 1. The second-order valence-corrected chi connectivity index (χ2v) is 6.51. The van der Waals surface area contributed by atoms with Crippen molar-refractivity contribution in [2.45, 2.75) is 44.3 Å². The van der Waals surface area contributed by atoms with E-state index in [-0.39, 0.29) is 30.7 Å². The third-order valence-corrected chi connectivity index (χ3v) is 4.52. The zero-order chi connectivity index (χ0) is 16.3. The summed E-state index contributed by atoms with van der Waals surface area (Å²) in [6.45, 7) is 3.24. The van der Waals surface area contributed by atoms with Crippen molar-refractivity contribution in [1.29, 1.82) is 0 Å². The minimum Gasteiger partial charge on any atom is -0.351 e. The molecule has 0 bridgehead atoms. The number of likely N-dealkylation sites (tertiary alicyclic amines) is 1. The quantitative estimate of drug-likeness (QED) is 0.805. The number of hydrogen-bond acceptors (Lipinski definition) is 3. The largest absolute Gasteiger partial charge is 0.351 e. The number of rotatable bonds is 5. The molecule has 2 saturated heterocycles. The van der Waals surface area contributed by atoms with Crippen LogP contribution < -0.4 is 10.6 Å². The van der Waals surface area contributed by atoms with Crippen molar-refractivity contribution in [3.63, 3.8) is 0 Å². The molecule has 1 amide bonds. The van der Waals surface area contributed by atoms with E-state index in [1.807, 2.05) is 12.1 Å². The highest BCUT2D eigenvalue weighted by atomic mass is 35.5. The standard InChI is InChI=1S/C17H23F2N3O.2ClH/c18-17(19)9-15(21-12-17)16(23)20-10-13-3-5-14(6-4-13)11-22-7-1-2-8-22;;/h3-6,15,21H,1-2,7-12H2,(H,20,23);2*1H. The maximum Gasteiger partial charge on any atom is 0.262 e. The summed E-state index contributed by atoms with van der Waals surface area (Å²) in [6, 6.07) is 7.33. The Balaban J connectivity index is 0.00000156. The van der Waals surface area contributed by atoms with E-state index in [4.69, 9.17) is 0 Å². The first kappa shape index (κ1) is 22.1. The minimum absolute atomic E-state index is 0. The summed E-state index contributed by atoms with van der Waals surface area (Å²) in [5.41, 5.74) is 2.24. The van der Waals surface area contributed by atoms with E-state index in [1.165, 1.54) is 18.4 Å². The van der Waals surface area contributed by atoms with Gasteiger partial charge in [0.15, 0.2) is 0 Å². The van der Waals surface area contributed by atoms with Crippen LogP contribution in [0, 0.1) is 0 Å². The topological polar surface area (TPSA) is 44.4 Å². The number of nitrogens with zero attached hydrogens (tertiary/aromatic N) is 1. The first-order chi connectivity index (χ1) is 11.0. The molecule has 2 aliphatic rings. The molecule has 0 radical (unpaired) electrons. The van der Waals surface area contributed by atoms with E-state index < -0.39 is 24.9 Å². The Morgan fingerprint density at radius 2 is 1.76 bits per heavy atom. The lowest BCUT2D eigenvalue weighted by Gasteiger charge is -2.15. The van der Waals surface area contributed by atoms with E-state index in [0.717, 1.165) is 25.2 Å². The van der Waals surface area contributed by atoms with Crippen LogP contribution in [-0.4, -0.2) is 42.4 Å². The van der Waals surface area contributed by atoms with Gasteiger partial charge >= 0.3 is 0 Å². The molecular formula is C17H25Cl2F2N3O. The van der Waals surface area contributed by atoms with Crippen LogP contribution in [0.5, 0.6) is 0 Å². The van der Waals surface area contributed by atoms with Gasteiger partial charge in [0.05, 0.1) is 12.6 Å². The molecule has 0 saturated carbocycles. The summed E-state index contributed by atoms with van der Waals surface area (Å²) in [5.74, 6) is -3.14. The van der Waals surface area contributed by atoms with E-state index in [9.17, 15) is 13.6 Å². The zero-order valence-corrected chi connectivity index (χ0v) is 15.6. The Labute approximate surface area is 159 Å². The fourth-order valence-corrected chi connectivity index (χ4v) is 3.17. The number of alkyl halides is 2. The molecule has 0 aliphatic carbocycles. The fourth-order valence-electron chi connectivity index (χ4n) is 3.17. The van der Waals surface area contributed by atoms with Crippen LogP contribution in [0.4, 0.5) is 8.78 Å². The molecule has 142 valence electrons. The van der Waals surface area contributed by atoms with Gasteiger partial charge in [-0.3, -0.25) is 15.0 Å². The van der Waals surface area contributed by atoms with Crippen LogP contribution in [-0.2, 0) is 17.9 Å². The number of amides is 1. The first-order valence-corrected chi connectivity index (χ1v) is 8.21. The van der Waals surface area contributed by atoms with Gasteiger partial charge in [-0.15, -0.1) is 24.8 Å². The average Bonchev–Trinajstić information content (AvgIpc) is 3.15. The number of benzene rings is 1. The number of hydrogen-bond donors (Lipinski definition) is 2. The summed E-state index contributed by atoms with van der Waals surface area (Å²) in [7, 11) is 0. The third-order valence-electron chi connectivity index (χ3n) is 4.52. The molecule has 3 rings (SSSR count). The Kier molecular flexibility index (Phi) is 8.54. The van der Waals surface area contributed by atoms with Crippen LogP contribution >= 0.6 is 24.8 Å². The minimum atomic E-state index is -2.78. The summed E-state index contributed by atoms with van der Waals surface area (Å²) < 4.78 is 26.2. The molecule has 2 fully saturated rings. The number of halogens is 4. The molecule has 2 aliphatic heterocycles. The predicted octanol–water partition coefficient (Wildman–Crippen LogP) is 2.74. The molecule has 1 atom stereocenters. The maximum atomic E-state index is 13.1. The van der Waals surface area contributed by atoms with Crippen LogP contribution in [0.3, 0.4) is 0 Å². The molecule has 8 heteroatoms. The summed E-state index contributed by atoms with van der Waals surface area (Å²) in [4.78, 5) is 14.3. The van der Waals surface area contributed by atoms with Crippen LogP contribution in [0.15, 0.2) is 24.3 Å². The van der Waals surface area contributed by atoms with E-state index in [1.54, 1.807) is 0 Å². The highest BCUT2D eigenvalue weighted by molar-refractivity contribution is 5.85. The Hall–Kier alpha value is -0.950. The molecule has 2 N–H and O–H groups in total. The van der Waals surface area contributed by atoms with Gasteiger partial charge < -0.3 is 5.32 Å². The van der Waals surface area contributed by atoms with Gasteiger partial charge in [-0.25, -0.2) is 8.78 Å². The molecule has 2 heterocycles. The molecular weight excluding hydrogens is 371 g/mol. The van der Waals surface area contributed by atoms with Gasteiger partial charge in [-0.2, -0.15) is 0 Å². The van der Waals surface area contributed by atoms with Crippen LogP contribution in [0.1, 0.15) is 30.4 Å².